The number of benzene rings is 2. The molecule has 2 rings (SSSR count). The summed E-state index contributed by atoms with van der Waals surface area (Å²) in [6.45, 7) is 0.451. The summed E-state index contributed by atoms with van der Waals surface area (Å²) in [5, 5.41) is 28.0. The second kappa shape index (κ2) is 17.4. The fourth-order valence-electron chi connectivity index (χ4n) is 3.18. The number of carbonyl (C=O) groups is 4. The molecule has 0 spiro atoms. The average molecular weight is 585 g/mol. The van der Waals surface area contributed by atoms with Gasteiger partial charge in [0.2, 0.25) is 11.8 Å². The van der Waals surface area contributed by atoms with E-state index in [1.165, 1.54) is 0 Å². The molecule has 2 aromatic rings. The number of unbranched alkanes of at least 4 members (excludes halogenated alkanes) is 1. The van der Waals surface area contributed by atoms with E-state index in [9.17, 15) is 32.7 Å². The van der Waals surface area contributed by atoms with Gasteiger partial charge in [-0.25, -0.2) is 4.79 Å². The number of carboxylic acids is 2. The molecule has 0 aromatic heterocycles. The summed E-state index contributed by atoms with van der Waals surface area (Å²) in [4.78, 5) is 44.5. The third-order valence-corrected chi connectivity index (χ3v) is 5.51. The molecule has 0 radical (unpaired) electrons. The molecule has 0 aliphatic rings. The van der Waals surface area contributed by atoms with Crippen LogP contribution >= 0.6 is 12.2 Å². The van der Waals surface area contributed by atoms with Gasteiger partial charge in [0.15, 0.2) is 5.11 Å². The third kappa shape index (κ3) is 14.1. The molecular weight excluding hydrogens is 553 g/mol. The van der Waals surface area contributed by atoms with Crippen molar-refractivity contribution in [1.29, 1.82) is 0 Å². The highest BCUT2D eigenvalue weighted by Crippen LogP contribution is 2.23. The van der Waals surface area contributed by atoms with Crippen molar-refractivity contribution in [3.8, 4) is 11.1 Å². The molecule has 1 atom stereocenters. The topological polar surface area (TPSA) is 157 Å². The largest absolute Gasteiger partial charge is 0.490 e. The molecule has 0 saturated heterocycles. The Hall–Kier alpha value is -4.20. The molecule has 0 fully saturated rings. The Morgan fingerprint density at radius 2 is 1.45 bits per heavy atom. The number of carboxylic acid groups (broad SMARTS) is 2. The number of alkyl halides is 3. The van der Waals surface area contributed by atoms with Gasteiger partial charge in [0.05, 0.1) is 19.0 Å². The highest BCUT2D eigenvalue weighted by atomic mass is 32.1. The zero-order chi connectivity index (χ0) is 30.1. The van der Waals surface area contributed by atoms with E-state index in [0.717, 1.165) is 17.5 Å². The molecule has 10 nitrogen and oxygen atoms in total. The maximum Gasteiger partial charge on any atom is 0.490 e. The normalized spacial score (nSPS) is 11.2. The highest BCUT2D eigenvalue weighted by molar-refractivity contribution is 7.80. The molecule has 6 N–H and O–H groups in total. The fraction of sp³-hybridized carbons (Fsp3) is 0.346. The SMILES string of the molecule is CNC(=S)NCCCCC(=O)NCC(=O)NC(CC(=O)O)c1ccc(-c2ccccc2)cc1.O=C(O)C(F)(F)F. The number of hydrogen-bond acceptors (Lipinski definition) is 5. The first-order valence-electron chi connectivity index (χ1n) is 12.0. The van der Waals surface area contributed by atoms with Crippen LogP contribution in [-0.2, 0) is 19.2 Å². The monoisotopic (exact) mass is 584 g/mol. The molecule has 40 heavy (non-hydrogen) atoms. The number of nitrogens with one attached hydrogen (secondary N) is 4. The number of halogens is 3. The van der Waals surface area contributed by atoms with Crippen molar-refractivity contribution >= 4 is 41.1 Å². The van der Waals surface area contributed by atoms with Crippen LogP contribution in [0.3, 0.4) is 0 Å². The lowest BCUT2D eigenvalue weighted by Gasteiger charge is -2.18. The molecule has 0 saturated carbocycles. The third-order valence-electron chi connectivity index (χ3n) is 5.17. The molecule has 0 heterocycles. The van der Waals surface area contributed by atoms with Gasteiger partial charge >= 0.3 is 18.1 Å². The molecule has 0 bridgehead atoms. The molecule has 218 valence electrons. The van der Waals surface area contributed by atoms with E-state index >= 15 is 0 Å². The highest BCUT2D eigenvalue weighted by Gasteiger charge is 2.38. The van der Waals surface area contributed by atoms with Gasteiger partial charge in [0, 0.05) is 20.0 Å². The standard InChI is InChI=1S/C24H30N4O4S.C2HF3O2/c1-25-24(33)26-14-6-5-9-21(29)27-16-22(30)28-20(15-23(31)32)19-12-10-18(11-13-19)17-7-3-2-4-8-17;3-2(4,5)1(6)7/h2-4,7-8,10-13,20H,5-6,9,14-16H2,1H3,(H,27,29)(H,28,30)(H,31,32)(H2,25,26,33);(H,6,7). The molecule has 0 aliphatic heterocycles. The Bertz CT molecular complexity index is 1130. The van der Waals surface area contributed by atoms with Crippen molar-refractivity contribution in [3.05, 3.63) is 60.2 Å². The van der Waals surface area contributed by atoms with Gasteiger partial charge in [-0.2, -0.15) is 13.2 Å². The van der Waals surface area contributed by atoms with E-state index in [1.54, 1.807) is 7.05 Å². The van der Waals surface area contributed by atoms with E-state index in [0.29, 0.717) is 30.1 Å². The van der Waals surface area contributed by atoms with E-state index in [-0.39, 0.29) is 18.9 Å². The van der Waals surface area contributed by atoms with Crippen LogP contribution in [0.4, 0.5) is 13.2 Å². The van der Waals surface area contributed by atoms with Crippen LogP contribution in [0.2, 0.25) is 0 Å². The van der Waals surface area contributed by atoms with Crippen molar-refractivity contribution in [3.63, 3.8) is 0 Å². The Morgan fingerprint density at radius 1 is 0.875 bits per heavy atom. The Balaban J connectivity index is 0.00000101. The lowest BCUT2D eigenvalue weighted by molar-refractivity contribution is -0.192. The maximum atomic E-state index is 12.3. The van der Waals surface area contributed by atoms with E-state index < -0.39 is 30.1 Å². The molecule has 2 amide bonds. The van der Waals surface area contributed by atoms with Gasteiger partial charge < -0.3 is 31.5 Å². The summed E-state index contributed by atoms with van der Waals surface area (Å²) in [5.41, 5.74) is 2.73. The van der Waals surface area contributed by atoms with Crippen LogP contribution in [0.5, 0.6) is 0 Å². The van der Waals surface area contributed by atoms with E-state index in [4.69, 9.17) is 22.1 Å². The summed E-state index contributed by atoms with van der Waals surface area (Å²) in [5.74, 6) is -4.46. The van der Waals surface area contributed by atoms with Gasteiger partial charge in [0.1, 0.15) is 0 Å². The molecule has 0 aliphatic carbocycles. The maximum absolute atomic E-state index is 12.3. The summed E-state index contributed by atoms with van der Waals surface area (Å²) in [7, 11) is 1.73. The smallest absolute Gasteiger partial charge is 0.481 e. The van der Waals surface area contributed by atoms with Crippen LogP contribution in [-0.4, -0.2) is 65.4 Å². The summed E-state index contributed by atoms with van der Waals surface area (Å²) in [6.07, 6.45) is -3.63. The van der Waals surface area contributed by atoms with Gasteiger partial charge in [0.25, 0.3) is 0 Å². The number of rotatable bonds is 12. The van der Waals surface area contributed by atoms with E-state index in [2.05, 4.69) is 21.3 Å². The van der Waals surface area contributed by atoms with Crippen molar-refractivity contribution in [2.75, 3.05) is 20.1 Å². The minimum Gasteiger partial charge on any atom is -0.481 e. The summed E-state index contributed by atoms with van der Waals surface area (Å²) >= 11 is 4.97. The Labute approximate surface area is 234 Å². The minimum atomic E-state index is -5.08. The molecule has 2 aromatic carbocycles. The second-order valence-corrected chi connectivity index (χ2v) is 8.66. The number of hydrogen-bond donors (Lipinski definition) is 6. The number of carbonyl (C=O) groups excluding carboxylic acids is 2. The lowest BCUT2D eigenvalue weighted by atomic mass is 9.99. The van der Waals surface area contributed by atoms with Crippen molar-refractivity contribution in [2.45, 2.75) is 37.9 Å². The Morgan fingerprint density at radius 3 is 1.98 bits per heavy atom. The number of aliphatic carboxylic acids is 2. The zero-order valence-electron chi connectivity index (χ0n) is 21.6. The predicted octanol–water partition coefficient (Wildman–Crippen LogP) is 3.00. The van der Waals surface area contributed by atoms with Crippen molar-refractivity contribution in [2.24, 2.45) is 0 Å². The van der Waals surface area contributed by atoms with Crippen LogP contribution in [0, 0.1) is 0 Å². The predicted molar refractivity (Wildman–Crippen MR) is 145 cm³/mol. The fourth-order valence-corrected chi connectivity index (χ4v) is 3.28. The van der Waals surface area contributed by atoms with Crippen molar-refractivity contribution < 1.29 is 42.6 Å². The molecule has 14 heteroatoms. The number of amides is 2. The lowest BCUT2D eigenvalue weighted by Crippen LogP contribution is -2.39. The molecular formula is C26H31F3N4O6S. The zero-order valence-corrected chi connectivity index (χ0v) is 22.4. The van der Waals surface area contributed by atoms with Gasteiger partial charge in [-0.05, 0) is 41.7 Å². The molecule has 1 unspecified atom stereocenters. The first-order valence-corrected chi connectivity index (χ1v) is 12.4. The van der Waals surface area contributed by atoms with Gasteiger partial charge in [-0.3, -0.25) is 14.4 Å². The first-order chi connectivity index (χ1) is 18.8. The summed E-state index contributed by atoms with van der Waals surface area (Å²) < 4.78 is 31.7. The van der Waals surface area contributed by atoms with Crippen molar-refractivity contribution in [1.82, 2.24) is 21.3 Å². The van der Waals surface area contributed by atoms with Crippen LogP contribution in [0.15, 0.2) is 54.6 Å². The summed E-state index contributed by atoms with van der Waals surface area (Å²) in [6, 6.07) is 16.5. The van der Waals surface area contributed by atoms with Crippen LogP contribution < -0.4 is 21.3 Å². The van der Waals surface area contributed by atoms with E-state index in [1.807, 2.05) is 54.6 Å². The first kappa shape index (κ1) is 33.8. The van der Waals surface area contributed by atoms with Gasteiger partial charge in [-0.1, -0.05) is 54.6 Å². The van der Waals surface area contributed by atoms with Crippen LogP contribution in [0.1, 0.15) is 37.3 Å². The number of thiocarbonyl (C=S) groups is 1. The van der Waals surface area contributed by atoms with Gasteiger partial charge in [-0.15, -0.1) is 0 Å². The quantitative estimate of drug-likeness (QED) is 0.163. The average Bonchev–Trinajstić information content (AvgIpc) is 2.91. The second-order valence-electron chi connectivity index (χ2n) is 8.25. The minimum absolute atomic E-state index is 0.209. The Kier molecular flexibility index (Phi) is 14.7. The van der Waals surface area contributed by atoms with Crippen LogP contribution in [0.25, 0.3) is 11.1 Å².